The molecule has 6 nitrogen and oxygen atoms in total. The Morgan fingerprint density at radius 2 is 1.90 bits per heavy atom. The van der Waals surface area contributed by atoms with Gasteiger partial charge >= 0.3 is 0 Å². The molecule has 1 aromatic heterocycles. The van der Waals surface area contributed by atoms with Crippen LogP contribution in [-0.2, 0) is 4.74 Å². The molecular weight excluding hydrogens is 422 g/mol. The fourth-order valence-corrected chi connectivity index (χ4v) is 4.02. The van der Waals surface area contributed by atoms with Crippen molar-refractivity contribution in [2.24, 2.45) is 0 Å². The molecule has 1 aliphatic heterocycles. The molecule has 1 saturated heterocycles. The van der Waals surface area contributed by atoms with Gasteiger partial charge in [-0.15, -0.1) is 0 Å². The summed E-state index contributed by atoms with van der Waals surface area (Å²) >= 11 is 7.36. The third kappa shape index (κ3) is 5.11. The number of nitrogens with one attached hydrogen (secondary N) is 1. The third-order valence-corrected chi connectivity index (χ3v) is 5.89. The minimum atomic E-state index is -0.244. The van der Waals surface area contributed by atoms with E-state index in [1.165, 1.54) is 22.5 Å². The number of amides is 1. The first-order valence-corrected chi connectivity index (χ1v) is 10.8. The summed E-state index contributed by atoms with van der Waals surface area (Å²) in [4.78, 5) is 25.6. The third-order valence-electron chi connectivity index (χ3n) is 4.70. The summed E-state index contributed by atoms with van der Waals surface area (Å²) in [5.74, 6) is -0.163. The van der Waals surface area contributed by atoms with Gasteiger partial charge in [-0.1, -0.05) is 23.4 Å². The molecular formula is C22H20ClN3O3S. The Morgan fingerprint density at radius 3 is 2.60 bits per heavy atom. The van der Waals surface area contributed by atoms with E-state index in [1.807, 2.05) is 24.3 Å². The fourth-order valence-electron chi connectivity index (χ4n) is 3.13. The lowest BCUT2D eigenvalue weighted by molar-refractivity contribution is 0.0858. The molecule has 0 radical (unpaired) electrons. The van der Waals surface area contributed by atoms with Gasteiger partial charge in [-0.25, -0.2) is 0 Å². The number of benzene rings is 2. The lowest BCUT2D eigenvalue weighted by Crippen LogP contribution is -2.31. The Morgan fingerprint density at radius 1 is 1.13 bits per heavy atom. The number of nitrogens with zero attached hydrogens (tertiary/aromatic N) is 2. The molecule has 1 atom stereocenters. The molecule has 0 bridgehead atoms. The standard InChI is InChI=1S/C22H20ClN3O3S/c23-16-5-9-19(10-6-16)30-20-11-12-21(27)26(25-20)17-7-3-15(4-8-17)22(28)24-14-18-2-1-13-29-18/h3-12,18H,1-2,13-14H2,(H,24,28)/t18-/m1/s1. The van der Waals surface area contributed by atoms with Crippen molar-refractivity contribution in [3.8, 4) is 5.69 Å². The molecule has 1 fully saturated rings. The maximum absolute atomic E-state index is 12.3. The average molecular weight is 442 g/mol. The van der Waals surface area contributed by atoms with E-state index in [4.69, 9.17) is 16.3 Å². The number of halogens is 1. The molecule has 4 rings (SSSR count). The van der Waals surface area contributed by atoms with Gasteiger partial charge in [0.05, 0.1) is 11.8 Å². The summed E-state index contributed by atoms with van der Waals surface area (Å²) in [6, 6.07) is 17.4. The van der Waals surface area contributed by atoms with Crippen LogP contribution in [0.25, 0.3) is 5.69 Å². The van der Waals surface area contributed by atoms with Crippen LogP contribution in [0, 0.1) is 0 Å². The van der Waals surface area contributed by atoms with Gasteiger partial charge in [0.1, 0.15) is 5.03 Å². The van der Waals surface area contributed by atoms with E-state index < -0.39 is 0 Å². The van der Waals surface area contributed by atoms with Crippen LogP contribution < -0.4 is 10.9 Å². The fraction of sp³-hybridized carbons (Fsp3) is 0.227. The van der Waals surface area contributed by atoms with Gasteiger partial charge in [0.25, 0.3) is 11.5 Å². The van der Waals surface area contributed by atoms with Crippen LogP contribution in [0.3, 0.4) is 0 Å². The second kappa shape index (κ2) is 9.47. The second-order valence-electron chi connectivity index (χ2n) is 6.87. The van der Waals surface area contributed by atoms with Crippen molar-refractivity contribution < 1.29 is 9.53 Å². The number of ether oxygens (including phenoxy) is 1. The monoisotopic (exact) mass is 441 g/mol. The highest BCUT2D eigenvalue weighted by Gasteiger charge is 2.16. The molecule has 1 aliphatic rings. The number of carbonyl (C=O) groups is 1. The second-order valence-corrected chi connectivity index (χ2v) is 8.40. The van der Waals surface area contributed by atoms with Crippen LogP contribution in [0.2, 0.25) is 5.02 Å². The molecule has 2 heterocycles. The Kier molecular flexibility index (Phi) is 6.52. The summed E-state index contributed by atoms with van der Waals surface area (Å²) < 4.78 is 6.85. The summed E-state index contributed by atoms with van der Waals surface area (Å²) in [5, 5.41) is 8.67. The van der Waals surface area contributed by atoms with Crippen molar-refractivity contribution in [1.29, 1.82) is 0 Å². The van der Waals surface area contributed by atoms with E-state index in [2.05, 4.69) is 10.4 Å². The van der Waals surface area contributed by atoms with Crippen LogP contribution in [0.5, 0.6) is 0 Å². The first-order valence-electron chi connectivity index (χ1n) is 9.62. The first kappa shape index (κ1) is 20.7. The zero-order valence-corrected chi connectivity index (χ0v) is 17.7. The zero-order valence-electron chi connectivity index (χ0n) is 16.1. The number of rotatable bonds is 6. The number of hydrogen-bond acceptors (Lipinski definition) is 5. The topological polar surface area (TPSA) is 73.2 Å². The predicted molar refractivity (Wildman–Crippen MR) is 117 cm³/mol. The molecule has 0 saturated carbocycles. The highest BCUT2D eigenvalue weighted by Crippen LogP contribution is 2.26. The molecule has 154 valence electrons. The van der Waals surface area contributed by atoms with Gasteiger partial charge < -0.3 is 10.1 Å². The van der Waals surface area contributed by atoms with E-state index >= 15 is 0 Å². The summed E-state index contributed by atoms with van der Waals surface area (Å²) in [6.07, 6.45) is 2.10. The van der Waals surface area contributed by atoms with Crippen molar-refractivity contribution >= 4 is 29.3 Å². The smallest absolute Gasteiger partial charge is 0.271 e. The molecule has 0 aliphatic carbocycles. The molecule has 0 spiro atoms. The van der Waals surface area contributed by atoms with Crippen molar-refractivity contribution in [3.05, 3.63) is 81.6 Å². The molecule has 1 N–H and O–H groups in total. The first-order chi connectivity index (χ1) is 14.6. The van der Waals surface area contributed by atoms with Gasteiger partial charge in [-0.05, 0) is 67.4 Å². The van der Waals surface area contributed by atoms with Crippen LogP contribution in [0.15, 0.2) is 75.4 Å². The Balaban J connectivity index is 1.47. The zero-order chi connectivity index (χ0) is 20.9. The van der Waals surface area contributed by atoms with Crippen LogP contribution in [0.1, 0.15) is 23.2 Å². The van der Waals surface area contributed by atoms with E-state index in [0.717, 1.165) is 24.3 Å². The largest absolute Gasteiger partial charge is 0.376 e. The van der Waals surface area contributed by atoms with E-state index in [0.29, 0.717) is 27.8 Å². The normalized spacial score (nSPS) is 15.8. The van der Waals surface area contributed by atoms with E-state index in [-0.39, 0.29) is 17.6 Å². The summed E-state index contributed by atoms with van der Waals surface area (Å²) in [7, 11) is 0. The molecule has 3 aromatic rings. The van der Waals surface area contributed by atoms with E-state index in [9.17, 15) is 9.59 Å². The van der Waals surface area contributed by atoms with Gasteiger partial charge in [-0.2, -0.15) is 9.78 Å². The highest BCUT2D eigenvalue weighted by atomic mass is 35.5. The van der Waals surface area contributed by atoms with Crippen LogP contribution in [0.4, 0.5) is 0 Å². The highest BCUT2D eigenvalue weighted by molar-refractivity contribution is 7.99. The van der Waals surface area contributed by atoms with Crippen molar-refractivity contribution in [2.75, 3.05) is 13.2 Å². The molecule has 8 heteroatoms. The minimum absolute atomic E-state index is 0.0943. The summed E-state index contributed by atoms with van der Waals surface area (Å²) in [5.41, 5.74) is 0.872. The SMILES string of the molecule is O=C(NC[C@H]1CCCO1)c1ccc(-n2nc(Sc3ccc(Cl)cc3)ccc2=O)cc1. The molecule has 30 heavy (non-hydrogen) atoms. The van der Waals surface area contributed by atoms with Crippen molar-refractivity contribution in [3.63, 3.8) is 0 Å². The Bertz CT molecular complexity index is 1080. The summed E-state index contributed by atoms with van der Waals surface area (Å²) in [6.45, 7) is 1.26. The van der Waals surface area contributed by atoms with E-state index in [1.54, 1.807) is 30.3 Å². The molecule has 0 unspecified atom stereocenters. The average Bonchev–Trinajstić information content (AvgIpc) is 3.29. The molecule has 2 aromatic carbocycles. The van der Waals surface area contributed by atoms with Crippen molar-refractivity contribution in [2.45, 2.75) is 28.9 Å². The van der Waals surface area contributed by atoms with Gasteiger partial charge in [0, 0.05) is 34.7 Å². The van der Waals surface area contributed by atoms with Gasteiger partial charge in [0.2, 0.25) is 0 Å². The lowest BCUT2D eigenvalue weighted by Gasteiger charge is -2.11. The maximum atomic E-state index is 12.3. The Hall–Kier alpha value is -2.61. The predicted octanol–water partition coefficient (Wildman–Crippen LogP) is 3.95. The van der Waals surface area contributed by atoms with Gasteiger partial charge in [-0.3, -0.25) is 9.59 Å². The van der Waals surface area contributed by atoms with Crippen molar-refractivity contribution in [1.82, 2.24) is 15.1 Å². The van der Waals surface area contributed by atoms with Gasteiger partial charge in [0.15, 0.2) is 0 Å². The number of carbonyl (C=O) groups excluding carboxylic acids is 1. The van der Waals surface area contributed by atoms with Crippen LogP contribution >= 0.6 is 23.4 Å². The lowest BCUT2D eigenvalue weighted by atomic mass is 10.2. The minimum Gasteiger partial charge on any atom is -0.376 e. The Labute approximate surface area is 183 Å². The number of aromatic nitrogens is 2. The molecule has 1 amide bonds. The number of hydrogen-bond donors (Lipinski definition) is 1. The van der Waals surface area contributed by atoms with Crippen LogP contribution in [-0.4, -0.2) is 34.9 Å². The maximum Gasteiger partial charge on any atom is 0.271 e. The quantitative estimate of drug-likeness (QED) is 0.627.